The van der Waals surface area contributed by atoms with Crippen LogP contribution < -0.4 is 4.90 Å². The van der Waals surface area contributed by atoms with Gasteiger partial charge in [0.25, 0.3) is 0 Å². The Morgan fingerprint density at radius 1 is 1.23 bits per heavy atom. The number of hydrogen-bond acceptors (Lipinski definition) is 5. The van der Waals surface area contributed by atoms with Crippen molar-refractivity contribution in [2.24, 2.45) is 0 Å². The summed E-state index contributed by atoms with van der Waals surface area (Å²) in [6.07, 6.45) is 1.58. The second kappa shape index (κ2) is 5.45. The number of rotatable bonds is 5. The first-order valence-corrected chi connectivity index (χ1v) is 4.13. The van der Waals surface area contributed by atoms with E-state index in [2.05, 4.69) is 10.2 Å². The highest BCUT2D eigenvalue weighted by Crippen LogP contribution is 2.05. The first-order chi connectivity index (χ1) is 6.38. The van der Waals surface area contributed by atoms with E-state index in [1.165, 1.54) is 0 Å². The molecular weight excluding hydrogens is 170 g/mol. The molecule has 0 fully saturated rings. The minimum absolute atomic E-state index is 0.0383. The number of nitrogens with zero attached hydrogens (tertiary/aromatic N) is 3. The van der Waals surface area contributed by atoms with E-state index in [9.17, 15) is 0 Å². The van der Waals surface area contributed by atoms with Crippen molar-refractivity contribution >= 4 is 5.82 Å². The molecule has 1 heterocycles. The van der Waals surface area contributed by atoms with E-state index in [1.54, 1.807) is 23.2 Å². The smallest absolute Gasteiger partial charge is 0.151 e. The second-order valence-electron chi connectivity index (χ2n) is 2.52. The molecule has 5 heteroatoms. The highest BCUT2D eigenvalue weighted by atomic mass is 16.3. The van der Waals surface area contributed by atoms with Crippen LogP contribution in [-0.2, 0) is 0 Å². The third-order valence-corrected chi connectivity index (χ3v) is 1.62. The van der Waals surface area contributed by atoms with Crippen molar-refractivity contribution < 1.29 is 10.2 Å². The van der Waals surface area contributed by atoms with E-state index in [-0.39, 0.29) is 13.2 Å². The van der Waals surface area contributed by atoms with Gasteiger partial charge in [-0.05, 0) is 12.1 Å². The molecule has 2 N–H and O–H groups in total. The summed E-state index contributed by atoms with van der Waals surface area (Å²) in [5.41, 5.74) is 0. The van der Waals surface area contributed by atoms with E-state index in [0.29, 0.717) is 18.9 Å². The van der Waals surface area contributed by atoms with Gasteiger partial charge in [0.2, 0.25) is 0 Å². The van der Waals surface area contributed by atoms with Gasteiger partial charge in [-0.1, -0.05) is 0 Å². The molecule has 0 bridgehead atoms. The predicted octanol–water partition coefficient (Wildman–Crippen LogP) is -0.732. The molecule has 1 aromatic heterocycles. The zero-order valence-corrected chi connectivity index (χ0v) is 7.30. The molecule has 13 heavy (non-hydrogen) atoms. The van der Waals surface area contributed by atoms with Crippen LogP contribution in [0.15, 0.2) is 18.3 Å². The van der Waals surface area contributed by atoms with Crippen LogP contribution in [0.25, 0.3) is 0 Å². The molecule has 0 aliphatic heterocycles. The maximum Gasteiger partial charge on any atom is 0.151 e. The fourth-order valence-electron chi connectivity index (χ4n) is 1.04. The number of aliphatic hydroxyl groups is 2. The Balaban J connectivity index is 2.64. The molecule has 0 amide bonds. The highest BCUT2D eigenvalue weighted by Gasteiger charge is 2.05. The summed E-state index contributed by atoms with van der Waals surface area (Å²) < 4.78 is 0. The number of anilines is 1. The topological polar surface area (TPSA) is 69.5 Å². The van der Waals surface area contributed by atoms with Crippen molar-refractivity contribution in [2.45, 2.75) is 0 Å². The molecule has 0 aromatic carbocycles. The van der Waals surface area contributed by atoms with E-state index < -0.39 is 0 Å². The van der Waals surface area contributed by atoms with Crippen LogP contribution >= 0.6 is 0 Å². The van der Waals surface area contributed by atoms with Gasteiger partial charge in [0.15, 0.2) is 5.82 Å². The van der Waals surface area contributed by atoms with Gasteiger partial charge in [-0.3, -0.25) is 0 Å². The van der Waals surface area contributed by atoms with Crippen molar-refractivity contribution in [1.82, 2.24) is 10.2 Å². The Hall–Kier alpha value is -1.20. The molecule has 0 aliphatic rings. The molecule has 0 aliphatic carbocycles. The Bertz CT molecular complexity index is 224. The number of aromatic nitrogens is 2. The average molecular weight is 183 g/mol. The van der Waals surface area contributed by atoms with Crippen molar-refractivity contribution in [3.63, 3.8) is 0 Å². The van der Waals surface area contributed by atoms with Crippen LogP contribution in [0.5, 0.6) is 0 Å². The van der Waals surface area contributed by atoms with Crippen molar-refractivity contribution in [3.8, 4) is 0 Å². The fourth-order valence-corrected chi connectivity index (χ4v) is 1.04. The van der Waals surface area contributed by atoms with Gasteiger partial charge in [0.05, 0.1) is 13.2 Å². The van der Waals surface area contributed by atoms with E-state index in [1.807, 2.05) is 0 Å². The minimum atomic E-state index is 0.0383. The van der Waals surface area contributed by atoms with Gasteiger partial charge in [-0.15, -0.1) is 5.10 Å². The quantitative estimate of drug-likeness (QED) is 0.629. The SMILES string of the molecule is OCCN(CCO)c1cccnn1. The largest absolute Gasteiger partial charge is 0.395 e. The summed E-state index contributed by atoms with van der Waals surface area (Å²) in [4.78, 5) is 1.77. The van der Waals surface area contributed by atoms with Gasteiger partial charge >= 0.3 is 0 Å². The average Bonchev–Trinajstić information content (AvgIpc) is 2.19. The molecule has 1 aromatic rings. The predicted molar refractivity (Wildman–Crippen MR) is 48.4 cm³/mol. The van der Waals surface area contributed by atoms with Gasteiger partial charge < -0.3 is 15.1 Å². The lowest BCUT2D eigenvalue weighted by Crippen LogP contribution is -2.30. The lowest BCUT2D eigenvalue weighted by Gasteiger charge is -2.20. The Labute approximate surface area is 76.6 Å². The monoisotopic (exact) mass is 183 g/mol. The maximum atomic E-state index is 8.75. The molecule has 0 saturated carbocycles. The fraction of sp³-hybridized carbons (Fsp3) is 0.500. The first-order valence-electron chi connectivity index (χ1n) is 4.13. The molecule has 0 spiro atoms. The maximum absolute atomic E-state index is 8.75. The third kappa shape index (κ3) is 2.96. The van der Waals surface area contributed by atoms with E-state index in [0.717, 1.165) is 0 Å². The van der Waals surface area contributed by atoms with Crippen LogP contribution in [0.3, 0.4) is 0 Å². The summed E-state index contributed by atoms with van der Waals surface area (Å²) in [7, 11) is 0. The molecule has 0 atom stereocenters. The molecular formula is C8H13N3O2. The molecule has 1 rings (SSSR count). The van der Waals surface area contributed by atoms with Crippen molar-refractivity contribution in [3.05, 3.63) is 18.3 Å². The third-order valence-electron chi connectivity index (χ3n) is 1.62. The summed E-state index contributed by atoms with van der Waals surface area (Å²) >= 11 is 0. The molecule has 0 unspecified atom stereocenters. The Morgan fingerprint density at radius 3 is 2.38 bits per heavy atom. The molecule has 0 radical (unpaired) electrons. The van der Waals surface area contributed by atoms with Crippen LogP contribution in [0.4, 0.5) is 5.82 Å². The summed E-state index contributed by atoms with van der Waals surface area (Å²) in [5, 5.41) is 25.1. The van der Waals surface area contributed by atoms with Gasteiger partial charge in [0, 0.05) is 19.3 Å². The molecule has 5 nitrogen and oxygen atoms in total. The van der Waals surface area contributed by atoms with Gasteiger partial charge in [0.1, 0.15) is 0 Å². The summed E-state index contributed by atoms with van der Waals surface area (Å²) in [6, 6.07) is 3.56. The van der Waals surface area contributed by atoms with Gasteiger partial charge in [-0.25, -0.2) is 0 Å². The highest BCUT2D eigenvalue weighted by molar-refractivity contribution is 5.35. The van der Waals surface area contributed by atoms with Gasteiger partial charge in [-0.2, -0.15) is 5.10 Å². The lowest BCUT2D eigenvalue weighted by molar-refractivity contribution is 0.280. The molecule has 0 saturated heterocycles. The standard InChI is InChI=1S/C8H13N3O2/c12-6-4-11(5-7-13)8-2-1-3-9-10-8/h1-3,12-13H,4-7H2. The zero-order valence-electron chi connectivity index (χ0n) is 7.30. The number of hydrogen-bond donors (Lipinski definition) is 2. The van der Waals surface area contributed by atoms with Crippen LogP contribution in [0.1, 0.15) is 0 Å². The Morgan fingerprint density at radius 2 is 1.92 bits per heavy atom. The van der Waals surface area contributed by atoms with E-state index in [4.69, 9.17) is 10.2 Å². The summed E-state index contributed by atoms with van der Waals surface area (Å²) in [6.45, 7) is 0.992. The van der Waals surface area contributed by atoms with Crippen LogP contribution in [0.2, 0.25) is 0 Å². The van der Waals surface area contributed by atoms with Crippen LogP contribution in [0, 0.1) is 0 Å². The zero-order chi connectivity index (χ0) is 9.52. The second-order valence-corrected chi connectivity index (χ2v) is 2.52. The van der Waals surface area contributed by atoms with Crippen LogP contribution in [-0.4, -0.2) is 46.7 Å². The Kier molecular flexibility index (Phi) is 4.14. The minimum Gasteiger partial charge on any atom is -0.395 e. The summed E-state index contributed by atoms with van der Waals surface area (Å²) in [5.74, 6) is 0.672. The number of aliphatic hydroxyl groups excluding tert-OH is 2. The first kappa shape index (κ1) is 9.88. The normalized spacial score (nSPS) is 10.0. The van der Waals surface area contributed by atoms with Crippen molar-refractivity contribution in [2.75, 3.05) is 31.2 Å². The van der Waals surface area contributed by atoms with Crippen molar-refractivity contribution in [1.29, 1.82) is 0 Å². The van der Waals surface area contributed by atoms with E-state index >= 15 is 0 Å². The molecule has 72 valence electrons. The lowest BCUT2D eigenvalue weighted by atomic mass is 10.4.